The minimum atomic E-state index is -0.604. The van der Waals surface area contributed by atoms with Gasteiger partial charge >= 0.3 is 0 Å². The van der Waals surface area contributed by atoms with E-state index >= 15 is 0 Å². The van der Waals surface area contributed by atoms with Crippen LogP contribution in [0, 0.1) is 10.1 Å². The largest absolute Gasteiger partial charge is 0.350 e. The molecule has 8 heteroatoms. The molecule has 1 aliphatic heterocycles. The van der Waals surface area contributed by atoms with Crippen LogP contribution in [0.15, 0.2) is 12.3 Å². The molecule has 1 aromatic heterocycles. The highest BCUT2D eigenvalue weighted by molar-refractivity contribution is 6.32. The monoisotopic (exact) mass is 312 g/mol. The number of nitrogens with one attached hydrogen (secondary N) is 1. The summed E-state index contributed by atoms with van der Waals surface area (Å²) >= 11 is 5.83. The van der Waals surface area contributed by atoms with E-state index in [1.54, 1.807) is 0 Å². The van der Waals surface area contributed by atoms with E-state index < -0.39 is 10.8 Å². The molecule has 1 unspecified atom stereocenters. The number of amides is 1. The van der Waals surface area contributed by atoms with Crippen LogP contribution in [0.4, 0.5) is 5.69 Å². The third-order valence-corrected chi connectivity index (χ3v) is 3.90. The van der Waals surface area contributed by atoms with Gasteiger partial charge in [-0.1, -0.05) is 11.6 Å². The number of carbonyl (C=O) groups excluding carboxylic acids is 1. The van der Waals surface area contributed by atoms with Gasteiger partial charge in [-0.05, 0) is 32.9 Å². The molecule has 21 heavy (non-hydrogen) atoms. The van der Waals surface area contributed by atoms with Crippen LogP contribution in [0.5, 0.6) is 0 Å². The Bertz CT molecular complexity index is 546. The summed E-state index contributed by atoms with van der Waals surface area (Å²) in [5.74, 6) is -0.442. The van der Waals surface area contributed by atoms with Crippen molar-refractivity contribution in [2.75, 3.05) is 19.6 Å². The predicted octanol–water partition coefficient (Wildman–Crippen LogP) is 1.86. The van der Waals surface area contributed by atoms with Gasteiger partial charge in [0.05, 0.1) is 10.5 Å². The molecule has 1 aromatic rings. The lowest BCUT2D eigenvalue weighted by molar-refractivity contribution is -0.385. The zero-order valence-electron chi connectivity index (χ0n) is 11.7. The molecular weight excluding hydrogens is 296 g/mol. The third kappa shape index (κ3) is 3.89. The van der Waals surface area contributed by atoms with Crippen molar-refractivity contribution < 1.29 is 9.72 Å². The van der Waals surface area contributed by atoms with Crippen LogP contribution in [0.3, 0.4) is 0 Å². The number of nitro groups is 1. The van der Waals surface area contributed by atoms with Gasteiger partial charge < -0.3 is 5.32 Å². The van der Waals surface area contributed by atoms with E-state index in [4.69, 9.17) is 11.6 Å². The standard InChI is InChI=1S/C13H17ClN4O3/c1-9(17-4-2-3-5-17)7-16-13(19)11-6-10(18(20)21)8-15-12(11)14/h6,8-9H,2-5,7H2,1H3,(H,16,19). The maximum Gasteiger partial charge on any atom is 0.288 e. The number of aromatic nitrogens is 1. The molecule has 0 bridgehead atoms. The molecule has 0 aromatic carbocycles. The number of hydrogen-bond acceptors (Lipinski definition) is 5. The van der Waals surface area contributed by atoms with Crippen LogP contribution < -0.4 is 5.32 Å². The third-order valence-electron chi connectivity index (χ3n) is 3.60. The van der Waals surface area contributed by atoms with Crippen LogP contribution >= 0.6 is 11.6 Å². The highest BCUT2D eigenvalue weighted by Crippen LogP contribution is 2.19. The van der Waals surface area contributed by atoms with E-state index in [1.807, 2.05) is 6.92 Å². The molecule has 1 atom stereocenters. The van der Waals surface area contributed by atoms with Gasteiger partial charge in [-0.25, -0.2) is 4.98 Å². The first-order valence-corrected chi connectivity index (χ1v) is 7.19. The van der Waals surface area contributed by atoms with Gasteiger partial charge in [-0.2, -0.15) is 0 Å². The van der Waals surface area contributed by atoms with Gasteiger partial charge in [0.2, 0.25) is 0 Å². The summed E-state index contributed by atoms with van der Waals surface area (Å²) in [7, 11) is 0. The lowest BCUT2D eigenvalue weighted by atomic mass is 10.2. The molecule has 114 valence electrons. The van der Waals surface area contributed by atoms with Crippen LogP contribution in [0.25, 0.3) is 0 Å². The summed E-state index contributed by atoms with van der Waals surface area (Å²) in [6.07, 6.45) is 3.39. The summed E-state index contributed by atoms with van der Waals surface area (Å²) < 4.78 is 0. The van der Waals surface area contributed by atoms with Crippen molar-refractivity contribution >= 4 is 23.2 Å². The van der Waals surface area contributed by atoms with Gasteiger partial charge in [-0.15, -0.1) is 0 Å². The summed E-state index contributed by atoms with van der Waals surface area (Å²) in [6.45, 7) is 4.59. The molecule has 0 radical (unpaired) electrons. The van der Waals surface area contributed by atoms with Crippen molar-refractivity contribution in [3.63, 3.8) is 0 Å². The number of carbonyl (C=O) groups is 1. The smallest absolute Gasteiger partial charge is 0.288 e. The Hall–Kier alpha value is -1.73. The molecule has 1 amide bonds. The van der Waals surface area contributed by atoms with Gasteiger partial charge in [0.1, 0.15) is 11.3 Å². The second kappa shape index (κ2) is 6.82. The summed E-state index contributed by atoms with van der Waals surface area (Å²) in [4.78, 5) is 28.2. The minimum Gasteiger partial charge on any atom is -0.350 e. The first-order chi connectivity index (χ1) is 9.99. The number of rotatable bonds is 5. The molecular formula is C13H17ClN4O3. The quantitative estimate of drug-likeness (QED) is 0.509. The van der Waals surface area contributed by atoms with Gasteiger partial charge in [0, 0.05) is 18.7 Å². The van der Waals surface area contributed by atoms with Gasteiger partial charge in [0.25, 0.3) is 11.6 Å². The van der Waals surface area contributed by atoms with Crippen LogP contribution in [0.2, 0.25) is 5.15 Å². The van der Waals surface area contributed by atoms with E-state index in [0.29, 0.717) is 6.54 Å². The van der Waals surface area contributed by atoms with Crippen molar-refractivity contribution in [2.24, 2.45) is 0 Å². The van der Waals surface area contributed by atoms with Crippen molar-refractivity contribution in [3.05, 3.63) is 33.1 Å². The molecule has 0 saturated carbocycles. The van der Waals surface area contributed by atoms with Crippen LogP contribution in [0.1, 0.15) is 30.1 Å². The molecule has 7 nitrogen and oxygen atoms in total. The number of likely N-dealkylation sites (tertiary alicyclic amines) is 1. The van der Waals surface area contributed by atoms with E-state index in [9.17, 15) is 14.9 Å². The van der Waals surface area contributed by atoms with Crippen molar-refractivity contribution in [3.8, 4) is 0 Å². The number of hydrogen-bond donors (Lipinski definition) is 1. The number of halogens is 1. The van der Waals surface area contributed by atoms with E-state index in [0.717, 1.165) is 25.4 Å². The Morgan fingerprint density at radius 2 is 2.24 bits per heavy atom. The summed E-state index contributed by atoms with van der Waals surface area (Å²) in [5, 5.41) is 13.4. The Morgan fingerprint density at radius 1 is 1.57 bits per heavy atom. The number of pyridine rings is 1. The fraction of sp³-hybridized carbons (Fsp3) is 0.538. The van der Waals surface area contributed by atoms with Crippen molar-refractivity contribution in [2.45, 2.75) is 25.8 Å². The lowest BCUT2D eigenvalue weighted by Gasteiger charge is -2.23. The molecule has 0 spiro atoms. The Labute approximate surface area is 127 Å². The summed E-state index contributed by atoms with van der Waals surface area (Å²) in [6, 6.07) is 1.37. The molecule has 2 heterocycles. The molecule has 1 N–H and O–H groups in total. The summed E-state index contributed by atoms with van der Waals surface area (Å²) in [5.41, 5.74) is -0.225. The van der Waals surface area contributed by atoms with Crippen LogP contribution in [-0.2, 0) is 0 Å². The molecule has 1 aliphatic rings. The maximum atomic E-state index is 12.1. The molecule has 0 aliphatic carbocycles. The minimum absolute atomic E-state index is 0.0273. The molecule has 1 fully saturated rings. The highest BCUT2D eigenvalue weighted by Gasteiger charge is 2.20. The average molecular weight is 313 g/mol. The number of nitrogens with zero attached hydrogens (tertiary/aromatic N) is 3. The first kappa shape index (κ1) is 15.7. The van der Waals surface area contributed by atoms with Gasteiger partial charge in [0.15, 0.2) is 0 Å². The SMILES string of the molecule is CC(CNC(=O)c1cc([N+](=O)[O-])cnc1Cl)N1CCCC1. The second-order valence-electron chi connectivity index (χ2n) is 5.09. The fourth-order valence-electron chi connectivity index (χ4n) is 2.34. The topological polar surface area (TPSA) is 88.4 Å². The lowest BCUT2D eigenvalue weighted by Crippen LogP contribution is -2.40. The zero-order valence-corrected chi connectivity index (χ0v) is 12.5. The Morgan fingerprint density at radius 3 is 2.86 bits per heavy atom. The maximum absolute atomic E-state index is 12.1. The molecule has 2 rings (SSSR count). The first-order valence-electron chi connectivity index (χ1n) is 6.81. The predicted molar refractivity (Wildman–Crippen MR) is 78.5 cm³/mol. The van der Waals surface area contributed by atoms with Crippen LogP contribution in [-0.4, -0.2) is 46.4 Å². The highest BCUT2D eigenvalue weighted by atomic mass is 35.5. The Balaban J connectivity index is 1.99. The molecule has 1 saturated heterocycles. The zero-order chi connectivity index (χ0) is 15.4. The van der Waals surface area contributed by atoms with Gasteiger partial charge in [-0.3, -0.25) is 19.8 Å². The second-order valence-corrected chi connectivity index (χ2v) is 5.45. The van der Waals surface area contributed by atoms with E-state index in [2.05, 4.69) is 15.2 Å². The van der Waals surface area contributed by atoms with E-state index in [-0.39, 0.29) is 22.4 Å². The Kier molecular flexibility index (Phi) is 5.08. The van der Waals surface area contributed by atoms with Crippen molar-refractivity contribution in [1.82, 2.24) is 15.2 Å². The average Bonchev–Trinajstić information content (AvgIpc) is 2.98. The fourth-order valence-corrected chi connectivity index (χ4v) is 2.53. The normalized spacial score (nSPS) is 16.7. The van der Waals surface area contributed by atoms with E-state index in [1.165, 1.54) is 12.8 Å². The van der Waals surface area contributed by atoms with Crippen molar-refractivity contribution in [1.29, 1.82) is 0 Å².